The molecule has 0 radical (unpaired) electrons. The summed E-state index contributed by atoms with van der Waals surface area (Å²) in [5, 5.41) is 8.97. The second-order valence-corrected chi connectivity index (χ2v) is 4.95. The number of amides is 1. The van der Waals surface area contributed by atoms with Crippen LogP contribution >= 0.6 is 0 Å². The van der Waals surface area contributed by atoms with Gasteiger partial charge in [-0.1, -0.05) is 6.07 Å². The van der Waals surface area contributed by atoms with Gasteiger partial charge >= 0.3 is 0 Å². The molecule has 0 unspecified atom stereocenters. The van der Waals surface area contributed by atoms with E-state index in [1.807, 2.05) is 32.0 Å². The zero-order valence-electron chi connectivity index (χ0n) is 11.0. The molecule has 0 aliphatic heterocycles. The van der Waals surface area contributed by atoms with Crippen LogP contribution in [0.4, 0.5) is 5.69 Å². The average molecular weight is 230 g/mol. The molecule has 1 aromatic rings. The van der Waals surface area contributed by atoms with Crippen LogP contribution in [-0.4, -0.2) is 13.0 Å². The van der Waals surface area contributed by atoms with Crippen LogP contribution in [0.3, 0.4) is 0 Å². The molecule has 0 aliphatic rings. The van der Waals surface area contributed by atoms with Gasteiger partial charge in [-0.25, -0.2) is 0 Å². The highest BCUT2D eigenvalue weighted by molar-refractivity contribution is 5.98. The maximum Gasteiger partial charge on any atom is 0.246 e. The molecule has 0 N–H and O–H groups in total. The predicted molar refractivity (Wildman–Crippen MR) is 68.7 cm³/mol. The molecule has 0 heterocycles. The minimum absolute atomic E-state index is 0.190. The quantitative estimate of drug-likeness (QED) is 0.784. The Bertz CT molecular complexity index is 463. The van der Waals surface area contributed by atoms with Crippen molar-refractivity contribution in [1.82, 2.24) is 0 Å². The first-order valence-corrected chi connectivity index (χ1v) is 5.55. The molecular formula is C14H18N2O. The fourth-order valence-corrected chi connectivity index (χ4v) is 1.73. The predicted octanol–water partition coefficient (Wildman–Crippen LogP) is 2.82. The molecule has 3 heteroatoms. The van der Waals surface area contributed by atoms with Crippen molar-refractivity contribution in [2.75, 3.05) is 11.9 Å². The van der Waals surface area contributed by atoms with E-state index in [0.717, 1.165) is 16.8 Å². The van der Waals surface area contributed by atoms with E-state index in [0.29, 0.717) is 0 Å². The second kappa shape index (κ2) is 4.58. The lowest BCUT2D eigenvalue weighted by Gasteiger charge is -2.24. The van der Waals surface area contributed by atoms with Crippen molar-refractivity contribution >= 4 is 11.6 Å². The Balaban J connectivity index is 3.10. The summed E-state index contributed by atoms with van der Waals surface area (Å²) in [7, 11) is 1.70. The largest absolute Gasteiger partial charge is 0.314 e. The topological polar surface area (TPSA) is 44.1 Å². The van der Waals surface area contributed by atoms with Crippen molar-refractivity contribution in [3.05, 3.63) is 29.3 Å². The van der Waals surface area contributed by atoms with Crippen LogP contribution in [0, 0.1) is 30.6 Å². The van der Waals surface area contributed by atoms with Crippen molar-refractivity contribution in [3.63, 3.8) is 0 Å². The summed E-state index contributed by atoms with van der Waals surface area (Å²) in [4.78, 5) is 13.7. The molecule has 0 spiro atoms. The van der Waals surface area contributed by atoms with Crippen LogP contribution in [0.25, 0.3) is 0 Å². The van der Waals surface area contributed by atoms with E-state index in [-0.39, 0.29) is 5.91 Å². The summed E-state index contributed by atoms with van der Waals surface area (Å²) < 4.78 is 0. The van der Waals surface area contributed by atoms with Crippen LogP contribution in [0.2, 0.25) is 0 Å². The number of aryl methyl sites for hydroxylation is 2. The Labute approximate surface area is 103 Å². The number of nitriles is 1. The van der Waals surface area contributed by atoms with Crippen LogP contribution in [-0.2, 0) is 4.79 Å². The number of benzene rings is 1. The maximum atomic E-state index is 12.1. The van der Waals surface area contributed by atoms with Gasteiger partial charge in [-0.3, -0.25) is 4.79 Å². The fraction of sp³-hybridized carbons (Fsp3) is 0.429. The van der Waals surface area contributed by atoms with E-state index in [2.05, 4.69) is 6.07 Å². The van der Waals surface area contributed by atoms with Gasteiger partial charge in [0.25, 0.3) is 0 Å². The summed E-state index contributed by atoms with van der Waals surface area (Å²) in [6, 6.07) is 7.97. The Hall–Kier alpha value is -1.82. The lowest BCUT2D eigenvalue weighted by atomic mass is 9.93. The number of hydrogen-bond acceptors (Lipinski definition) is 2. The summed E-state index contributed by atoms with van der Waals surface area (Å²) in [6.07, 6.45) is 0. The van der Waals surface area contributed by atoms with Gasteiger partial charge in [-0.05, 0) is 51.0 Å². The van der Waals surface area contributed by atoms with Gasteiger partial charge in [0, 0.05) is 12.7 Å². The van der Waals surface area contributed by atoms with Crippen LogP contribution < -0.4 is 4.90 Å². The second-order valence-electron chi connectivity index (χ2n) is 4.95. The highest BCUT2D eigenvalue weighted by Gasteiger charge is 2.31. The monoisotopic (exact) mass is 230 g/mol. The molecule has 0 aromatic heterocycles. The van der Waals surface area contributed by atoms with E-state index < -0.39 is 5.41 Å². The Morgan fingerprint density at radius 2 is 1.71 bits per heavy atom. The fourth-order valence-electron chi connectivity index (χ4n) is 1.73. The first-order valence-electron chi connectivity index (χ1n) is 5.55. The SMILES string of the molecule is Cc1cc(C)cc(N(C)C(=O)C(C)(C)C#N)c1. The highest BCUT2D eigenvalue weighted by atomic mass is 16.2. The number of carbonyl (C=O) groups is 1. The average Bonchev–Trinajstić information content (AvgIpc) is 2.25. The van der Waals surface area contributed by atoms with E-state index in [9.17, 15) is 4.79 Å². The zero-order valence-corrected chi connectivity index (χ0v) is 11.0. The van der Waals surface area contributed by atoms with Crippen molar-refractivity contribution < 1.29 is 4.79 Å². The van der Waals surface area contributed by atoms with Crippen molar-refractivity contribution in [3.8, 4) is 6.07 Å². The summed E-state index contributed by atoms with van der Waals surface area (Å²) in [5.74, 6) is -0.190. The van der Waals surface area contributed by atoms with E-state index in [1.54, 1.807) is 25.8 Å². The van der Waals surface area contributed by atoms with Gasteiger partial charge in [-0.15, -0.1) is 0 Å². The van der Waals surface area contributed by atoms with E-state index in [4.69, 9.17) is 5.26 Å². The minimum atomic E-state index is -0.994. The molecule has 90 valence electrons. The molecular weight excluding hydrogens is 212 g/mol. The molecule has 0 atom stereocenters. The molecule has 0 saturated carbocycles. The zero-order chi connectivity index (χ0) is 13.2. The van der Waals surface area contributed by atoms with E-state index in [1.165, 1.54) is 0 Å². The van der Waals surface area contributed by atoms with Gasteiger partial charge in [0.05, 0.1) is 6.07 Å². The Morgan fingerprint density at radius 3 is 2.12 bits per heavy atom. The lowest BCUT2D eigenvalue weighted by Crippen LogP contribution is -2.37. The molecule has 1 amide bonds. The first-order chi connectivity index (χ1) is 7.77. The lowest BCUT2D eigenvalue weighted by molar-refractivity contribution is -0.123. The van der Waals surface area contributed by atoms with Crippen LogP contribution in [0.1, 0.15) is 25.0 Å². The molecule has 0 bridgehead atoms. The normalized spacial score (nSPS) is 10.8. The third-order valence-corrected chi connectivity index (χ3v) is 2.71. The Morgan fingerprint density at radius 1 is 1.24 bits per heavy atom. The van der Waals surface area contributed by atoms with Gasteiger partial charge in [-0.2, -0.15) is 5.26 Å². The molecule has 17 heavy (non-hydrogen) atoms. The van der Waals surface area contributed by atoms with Gasteiger partial charge in [0.15, 0.2) is 0 Å². The smallest absolute Gasteiger partial charge is 0.246 e. The van der Waals surface area contributed by atoms with Gasteiger partial charge in [0.1, 0.15) is 5.41 Å². The summed E-state index contributed by atoms with van der Waals surface area (Å²) in [6.45, 7) is 7.25. The summed E-state index contributed by atoms with van der Waals surface area (Å²) in [5.41, 5.74) is 2.05. The van der Waals surface area contributed by atoms with Crippen LogP contribution in [0.5, 0.6) is 0 Å². The Kier molecular flexibility index (Phi) is 3.57. The van der Waals surface area contributed by atoms with Crippen molar-refractivity contribution in [1.29, 1.82) is 5.26 Å². The number of hydrogen-bond donors (Lipinski definition) is 0. The van der Waals surface area contributed by atoms with Gasteiger partial charge < -0.3 is 4.90 Å². The minimum Gasteiger partial charge on any atom is -0.314 e. The molecule has 1 rings (SSSR count). The molecule has 1 aromatic carbocycles. The third kappa shape index (κ3) is 2.85. The number of anilines is 1. The number of nitrogens with zero attached hydrogens (tertiary/aromatic N) is 2. The standard InChI is InChI=1S/C14H18N2O/c1-10-6-11(2)8-12(7-10)16(5)13(17)14(3,4)9-15/h6-8H,1-5H3. The van der Waals surface area contributed by atoms with Gasteiger partial charge in [0.2, 0.25) is 5.91 Å². The highest BCUT2D eigenvalue weighted by Crippen LogP contribution is 2.23. The summed E-state index contributed by atoms with van der Waals surface area (Å²) >= 11 is 0. The number of rotatable bonds is 2. The molecule has 0 saturated heterocycles. The van der Waals surface area contributed by atoms with Crippen molar-refractivity contribution in [2.45, 2.75) is 27.7 Å². The maximum absolute atomic E-state index is 12.1. The van der Waals surface area contributed by atoms with E-state index >= 15 is 0 Å². The first kappa shape index (κ1) is 13.2. The molecule has 0 aliphatic carbocycles. The third-order valence-electron chi connectivity index (χ3n) is 2.71. The number of carbonyl (C=O) groups excluding carboxylic acids is 1. The van der Waals surface area contributed by atoms with Crippen molar-refractivity contribution in [2.24, 2.45) is 5.41 Å². The molecule has 3 nitrogen and oxygen atoms in total. The molecule has 0 fully saturated rings. The van der Waals surface area contributed by atoms with Crippen LogP contribution in [0.15, 0.2) is 18.2 Å².